The number of rotatable bonds is 4. The van der Waals surface area contributed by atoms with Crippen LogP contribution in [0.25, 0.3) is 0 Å². The number of hydrogen-bond acceptors (Lipinski definition) is 4. The van der Waals surface area contributed by atoms with Gasteiger partial charge in [-0.1, -0.05) is 0 Å². The summed E-state index contributed by atoms with van der Waals surface area (Å²) < 4.78 is 4.63. The van der Waals surface area contributed by atoms with Crippen molar-refractivity contribution >= 4 is 23.4 Å². The van der Waals surface area contributed by atoms with Crippen LogP contribution in [-0.2, 0) is 14.3 Å². The first kappa shape index (κ1) is 12.0. The maximum absolute atomic E-state index is 11.1. The molecule has 74 valence electrons. The Morgan fingerprint density at radius 3 is 2.31 bits per heavy atom. The smallest absolute Gasteiger partial charge is 0.343 e. The minimum atomic E-state index is -0.715. The van der Waals surface area contributed by atoms with E-state index in [0.717, 1.165) is 0 Å². The lowest BCUT2D eigenvalue weighted by atomic mass is 10.1. The molecule has 0 spiro atoms. The summed E-state index contributed by atoms with van der Waals surface area (Å²) >= 11 is 5.29. The second-order valence-electron chi connectivity index (χ2n) is 2.34. The van der Waals surface area contributed by atoms with Gasteiger partial charge >= 0.3 is 5.97 Å². The maximum atomic E-state index is 11.1. The summed E-state index contributed by atoms with van der Waals surface area (Å²) in [6.07, 6.45) is 0. The van der Waals surface area contributed by atoms with E-state index in [1.807, 2.05) is 0 Å². The van der Waals surface area contributed by atoms with Gasteiger partial charge in [0.05, 0.1) is 12.5 Å². The predicted molar refractivity (Wildman–Crippen MR) is 49.2 cm³/mol. The molecule has 0 unspecified atom stereocenters. The fourth-order valence-electron chi connectivity index (χ4n) is 0.765. The van der Waals surface area contributed by atoms with Gasteiger partial charge in [0.1, 0.15) is 5.57 Å². The summed E-state index contributed by atoms with van der Waals surface area (Å²) in [6.45, 7) is 3.30. The van der Waals surface area contributed by atoms with E-state index < -0.39 is 11.8 Å². The monoisotopic (exact) mass is 205 g/mol. The molecule has 0 saturated carbocycles. The molecule has 0 radical (unpaired) electrons. The van der Waals surface area contributed by atoms with Crippen LogP contribution in [-0.4, -0.2) is 24.2 Å². The summed E-state index contributed by atoms with van der Waals surface area (Å²) in [5.41, 5.74) is 5.32. The zero-order chi connectivity index (χ0) is 10.4. The van der Waals surface area contributed by atoms with Gasteiger partial charge in [-0.05, 0) is 13.8 Å². The fourth-order valence-corrected chi connectivity index (χ4v) is 0.898. The molecule has 4 nitrogen and oxygen atoms in total. The summed E-state index contributed by atoms with van der Waals surface area (Å²) in [4.78, 5) is 22.2. The van der Waals surface area contributed by atoms with E-state index >= 15 is 0 Å². The van der Waals surface area contributed by atoms with Gasteiger partial charge in [0.2, 0.25) is 0 Å². The first-order chi connectivity index (χ1) is 6.04. The maximum Gasteiger partial charge on any atom is 0.343 e. The van der Waals surface area contributed by atoms with Crippen LogP contribution in [0.4, 0.5) is 0 Å². The third-order valence-electron chi connectivity index (χ3n) is 1.27. The quantitative estimate of drug-likeness (QED) is 0.240. The number of carbonyl (C=O) groups is 2. The van der Waals surface area contributed by atoms with Crippen LogP contribution in [0.3, 0.4) is 0 Å². The van der Waals surface area contributed by atoms with Gasteiger partial charge in [0.15, 0.2) is 5.78 Å². The van der Waals surface area contributed by atoms with E-state index in [9.17, 15) is 9.59 Å². The van der Waals surface area contributed by atoms with Crippen molar-refractivity contribution in [2.24, 2.45) is 5.73 Å². The van der Waals surface area contributed by atoms with Crippen molar-refractivity contribution < 1.29 is 14.3 Å². The molecule has 0 heterocycles. The zero-order valence-electron chi connectivity index (χ0n) is 7.59. The van der Waals surface area contributed by atoms with Crippen LogP contribution in [0.1, 0.15) is 13.8 Å². The molecular formula is C8H12ClNO3. The lowest BCUT2D eigenvalue weighted by Crippen LogP contribution is -2.21. The molecule has 0 aromatic rings. The third kappa shape index (κ3) is 3.46. The van der Waals surface area contributed by atoms with Crippen molar-refractivity contribution in [2.75, 3.05) is 12.5 Å². The van der Waals surface area contributed by atoms with Gasteiger partial charge < -0.3 is 10.5 Å². The predicted octanol–water partition coefficient (Wildman–Crippen LogP) is 0.590. The Hall–Kier alpha value is -1.03. The summed E-state index contributed by atoms with van der Waals surface area (Å²) in [6, 6.07) is 0. The van der Waals surface area contributed by atoms with Gasteiger partial charge in [0, 0.05) is 5.70 Å². The summed E-state index contributed by atoms with van der Waals surface area (Å²) in [5.74, 6) is -1.50. The number of hydrogen-bond donors (Lipinski definition) is 1. The summed E-state index contributed by atoms with van der Waals surface area (Å²) in [5, 5.41) is 0. The highest BCUT2D eigenvalue weighted by Crippen LogP contribution is 2.05. The van der Waals surface area contributed by atoms with Crippen LogP contribution in [0, 0.1) is 0 Å². The van der Waals surface area contributed by atoms with Crippen LogP contribution in [0.5, 0.6) is 0 Å². The molecule has 0 rings (SSSR count). The molecule has 0 aromatic carbocycles. The first-order valence-electron chi connectivity index (χ1n) is 3.77. The van der Waals surface area contributed by atoms with Gasteiger partial charge in [-0.25, -0.2) is 4.79 Å². The molecule has 0 aliphatic carbocycles. The van der Waals surface area contributed by atoms with Gasteiger partial charge in [-0.15, -0.1) is 11.6 Å². The lowest BCUT2D eigenvalue weighted by molar-refractivity contribution is -0.139. The average molecular weight is 206 g/mol. The van der Waals surface area contributed by atoms with Crippen molar-refractivity contribution in [1.29, 1.82) is 0 Å². The van der Waals surface area contributed by atoms with Crippen molar-refractivity contribution in [3.63, 3.8) is 0 Å². The Labute approximate surface area is 81.7 Å². The number of halogens is 1. The van der Waals surface area contributed by atoms with E-state index in [0.29, 0.717) is 0 Å². The molecule has 0 fully saturated rings. The molecule has 0 aromatic heterocycles. The average Bonchev–Trinajstić information content (AvgIpc) is 2.04. The molecule has 0 aliphatic rings. The Kier molecular flexibility index (Phi) is 5.14. The molecule has 0 saturated heterocycles. The Morgan fingerprint density at radius 1 is 1.46 bits per heavy atom. The third-order valence-corrected chi connectivity index (χ3v) is 1.52. The topological polar surface area (TPSA) is 69.4 Å². The normalized spacial score (nSPS) is 11.9. The van der Waals surface area contributed by atoms with Crippen molar-refractivity contribution in [2.45, 2.75) is 13.8 Å². The SMILES string of the molecule is CCOC(=O)/C(C(=O)CCl)=C(\C)N. The number of allylic oxidation sites excluding steroid dienone is 1. The van der Waals surface area contributed by atoms with Crippen molar-refractivity contribution in [1.82, 2.24) is 0 Å². The molecule has 0 amide bonds. The largest absolute Gasteiger partial charge is 0.462 e. The molecule has 5 heteroatoms. The molecule has 0 aliphatic heterocycles. The number of nitrogens with two attached hydrogens (primary N) is 1. The highest BCUT2D eigenvalue weighted by atomic mass is 35.5. The number of Topliss-reactive ketones (excluding diaryl/α,β-unsaturated/α-hetero) is 1. The standard InChI is InChI=1S/C8H12ClNO3/c1-3-13-8(12)7(5(2)10)6(11)4-9/h3-4,10H2,1-2H3/b7-5+. The van der Waals surface area contributed by atoms with Crippen molar-refractivity contribution in [3.8, 4) is 0 Å². The van der Waals surface area contributed by atoms with Crippen molar-refractivity contribution in [3.05, 3.63) is 11.3 Å². The van der Waals surface area contributed by atoms with Crippen LogP contribution in [0.15, 0.2) is 11.3 Å². The molecular weight excluding hydrogens is 194 g/mol. The number of alkyl halides is 1. The second kappa shape index (κ2) is 5.59. The van der Waals surface area contributed by atoms with E-state index in [2.05, 4.69) is 4.74 Å². The van der Waals surface area contributed by atoms with E-state index in [-0.39, 0.29) is 23.8 Å². The minimum Gasteiger partial charge on any atom is -0.462 e. The number of ether oxygens (including phenoxy) is 1. The van der Waals surface area contributed by atoms with E-state index in [1.54, 1.807) is 6.92 Å². The van der Waals surface area contributed by atoms with E-state index in [4.69, 9.17) is 17.3 Å². The number of esters is 1. The highest BCUT2D eigenvalue weighted by molar-refractivity contribution is 6.34. The molecule has 13 heavy (non-hydrogen) atoms. The Bertz CT molecular complexity index is 244. The number of ketones is 1. The minimum absolute atomic E-state index is 0.129. The number of carbonyl (C=O) groups excluding carboxylic acids is 2. The molecule has 0 atom stereocenters. The van der Waals surface area contributed by atoms with Crippen LogP contribution < -0.4 is 5.73 Å². The fraction of sp³-hybridized carbons (Fsp3) is 0.500. The summed E-state index contributed by atoms with van der Waals surface area (Å²) in [7, 11) is 0. The van der Waals surface area contributed by atoms with Gasteiger partial charge in [0.25, 0.3) is 0 Å². The van der Waals surface area contributed by atoms with Crippen LogP contribution in [0.2, 0.25) is 0 Å². The molecule has 2 N–H and O–H groups in total. The lowest BCUT2D eigenvalue weighted by Gasteiger charge is -2.05. The molecule has 0 bridgehead atoms. The van der Waals surface area contributed by atoms with Gasteiger partial charge in [-0.3, -0.25) is 4.79 Å². The Balaban J connectivity index is 4.75. The van der Waals surface area contributed by atoms with E-state index in [1.165, 1.54) is 6.92 Å². The second-order valence-corrected chi connectivity index (χ2v) is 2.60. The highest BCUT2D eigenvalue weighted by Gasteiger charge is 2.20. The van der Waals surface area contributed by atoms with Gasteiger partial charge in [-0.2, -0.15) is 0 Å². The Morgan fingerprint density at radius 2 is 2.00 bits per heavy atom. The zero-order valence-corrected chi connectivity index (χ0v) is 8.35. The first-order valence-corrected chi connectivity index (χ1v) is 4.30. The van der Waals surface area contributed by atoms with Crippen LogP contribution >= 0.6 is 11.6 Å².